The van der Waals surface area contributed by atoms with Crippen molar-refractivity contribution in [2.24, 2.45) is 5.10 Å². The van der Waals surface area contributed by atoms with E-state index in [-0.39, 0.29) is 12.5 Å². The molecule has 0 aliphatic rings. The number of carbonyl (C=O) groups excluding carboxylic acids is 1. The molecule has 4 nitrogen and oxygen atoms in total. The maximum Gasteiger partial charge on any atom is 0.277 e. The van der Waals surface area contributed by atoms with Crippen molar-refractivity contribution in [1.29, 1.82) is 0 Å². The van der Waals surface area contributed by atoms with Crippen LogP contribution in [0.2, 0.25) is 0 Å². The number of nitrogens with zero attached hydrogens (tertiary/aromatic N) is 1. The van der Waals surface area contributed by atoms with Crippen molar-refractivity contribution in [3.63, 3.8) is 0 Å². The van der Waals surface area contributed by atoms with Gasteiger partial charge in [0.05, 0.1) is 6.21 Å². The molecule has 1 amide bonds. The monoisotopic (exact) mass is 438 g/mol. The first-order valence-electron chi connectivity index (χ1n) is 7.07. The Balaban J connectivity index is 1.84. The van der Waals surface area contributed by atoms with Gasteiger partial charge >= 0.3 is 0 Å². The lowest BCUT2D eigenvalue weighted by Crippen LogP contribution is -2.24. The first kappa shape index (κ1) is 17.7. The summed E-state index contributed by atoms with van der Waals surface area (Å²) in [6.07, 6.45) is 2.42. The lowest BCUT2D eigenvalue weighted by Gasteiger charge is -2.09. The standard InChI is InChI=1S/C17H16Br2N2O2/c1-2-13-9-15(19)7-8-16(13)23-11-17(22)21-20-10-12-3-5-14(18)6-4-12/h3-10H,2,11H2,1H3,(H,21,22)/b20-10+. The quantitative estimate of drug-likeness (QED) is 0.538. The van der Waals surface area contributed by atoms with Crippen LogP contribution in [0.15, 0.2) is 56.5 Å². The number of benzene rings is 2. The van der Waals surface area contributed by atoms with Gasteiger partial charge in [0.15, 0.2) is 6.61 Å². The van der Waals surface area contributed by atoms with Crippen LogP contribution in [0, 0.1) is 0 Å². The zero-order chi connectivity index (χ0) is 16.7. The SMILES string of the molecule is CCc1cc(Br)ccc1OCC(=O)N/N=C/c1ccc(Br)cc1. The summed E-state index contributed by atoms with van der Waals surface area (Å²) in [6, 6.07) is 13.3. The third kappa shape index (κ3) is 5.80. The van der Waals surface area contributed by atoms with Crippen molar-refractivity contribution < 1.29 is 9.53 Å². The molecular weight excluding hydrogens is 424 g/mol. The Bertz CT molecular complexity index is 700. The van der Waals surface area contributed by atoms with Crippen molar-refractivity contribution in [3.8, 4) is 5.75 Å². The fraction of sp³-hybridized carbons (Fsp3) is 0.176. The molecule has 0 aromatic heterocycles. The summed E-state index contributed by atoms with van der Waals surface area (Å²) in [6.45, 7) is 1.96. The molecule has 0 spiro atoms. The molecule has 2 rings (SSSR count). The molecule has 2 aromatic carbocycles. The molecule has 0 heterocycles. The van der Waals surface area contributed by atoms with Gasteiger partial charge in [0.25, 0.3) is 5.91 Å². The van der Waals surface area contributed by atoms with Crippen molar-refractivity contribution in [2.75, 3.05) is 6.61 Å². The molecule has 0 radical (unpaired) electrons. The van der Waals surface area contributed by atoms with Crippen LogP contribution in [0.3, 0.4) is 0 Å². The molecule has 0 bridgehead atoms. The molecule has 6 heteroatoms. The molecule has 0 aliphatic heterocycles. The van der Waals surface area contributed by atoms with Gasteiger partial charge in [-0.15, -0.1) is 0 Å². The Kier molecular flexibility index (Phi) is 6.80. The predicted molar refractivity (Wildman–Crippen MR) is 98.9 cm³/mol. The summed E-state index contributed by atoms with van der Waals surface area (Å²) in [4.78, 5) is 11.8. The van der Waals surface area contributed by atoms with Gasteiger partial charge in [0.2, 0.25) is 0 Å². The first-order valence-corrected chi connectivity index (χ1v) is 8.65. The number of halogens is 2. The van der Waals surface area contributed by atoms with E-state index in [1.54, 1.807) is 6.21 Å². The van der Waals surface area contributed by atoms with E-state index in [0.29, 0.717) is 5.75 Å². The van der Waals surface area contributed by atoms with Gasteiger partial charge in [-0.3, -0.25) is 4.79 Å². The second-order valence-electron chi connectivity index (χ2n) is 4.74. The second-order valence-corrected chi connectivity index (χ2v) is 6.57. The van der Waals surface area contributed by atoms with Crippen LogP contribution in [0.5, 0.6) is 5.75 Å². The molecule has 2 aromatic rings. The molecule has 0 saturated carbocycles. The van der Waals surface area contributed by atoms with Gasteiger partial charge in [-0.25, -0.2) is 5.43 Å². The maximum absolute atomic E-state index is 11.8. The van der Waals surface area contributed by atoms with Crippen molar-refractivity contribution in [1.82, 2.24) is 5.43 Å². The number of amides is 1. The van der Waals surface area contributed by atoms with Crippen molar-refractivity contribution in [2.45, 2.75) is 13.3 Å². The Morgan fingerprint density at radius 1 is 1.17 bits per heavy atom. The highest BCUT2D eigenvalue weighted by molar-refractivity contribution is 9.10. The number of carbonyl (C=O) groups is 1. The van der Waals surface area contributed by atoms with Crippen LogP contribution in [-0.4, -0.2) is 18.7 Å². The summed E-state index contributed by atoms with van der Waals surface area (Å²) in [7, 11) is 0. The number of hydrogen-bond acceptors (Lipinski definition) is 3. The van der Waals surface area contributed by atoms with Crippen LogP contribution >= 0.6 is 31.9 Å². The summed E-state index contributed by atoms with van der Waals surface area (Å²) in [5, 5.41) is 3.91. The summed E-state index contributed by atoms with van der Waals surface area (Å²) in [5.74, 6) is 0.408. The zero-order valence-electron chi connectivity index (χ0n) is 12.6. The molecule has 0 atom stereocenters. The third-order valence-corrected chi connectivity index (χ3v) is 4.06. The van der Waals surface area contributed by atoms with E-state index in [4.69, 9.17) is 4.74 Å². The molecule has 0 unspecified atom stereocenters. The molecule has 23 heavy (non-hydrogen) atoms. The minimum Gasteiger partial charge on any atom is -0.483 e. The van der Waals surface area contributed by atoms with Gasteiger partial charge in [-0.05, 0) is 47.9 Å². The van der Waals surface area contributed by atoms with Gasteiger partial charge in [-0.2, -0.15) is 5.10 Å². The fourth-order valence-corrected chi connectivity index (χ4v) is 2.54. The normalized spacial score (nSPS) is 10.7. The number of rotatable bonds is 6. The second kappa shape index (κ2) is 8.84. The van der Waals surface area contributed by atoms with E-state index in [1.807, 2.05) is 49.4 Å². The lowest BCUT2D eigenvalue weighted by molar-refractivity contribution is -0.123. The Labute approximate surface area is 152 Å². The molecule has 0 fully saturated rings. The molecule has 0 aliphatic carbocycles. The van der Waals surface area contributed by atoms with E-state index in [0.717, 1.165) is 26.5 Å². The highest BCUT2D eigenvalue weighted by atomic mass is 79.9. The van der Waals surface area contributed by atoms with Crippen LogP contribution in [0.1, 0.15) is 18.1 Å². The first-order chi connectivity index (χ1) is 11.1. The maximum atomic E-state index is 11.8. The van der Waals surface area contributed by atoms with E-state index < -0.39 is 0 Å². The number of hydrogen-bond donors (Lipinski definition) is 1. The number of aryl methyl sites for hydroxylation is 1. The van der Waals surface area contributed by atoms with E-state index in [9.17, 15) is 4.79 Å². The largest absolute Gasteiger partial charge is 0.483 e. The molecular formula is C17H16Br2N2O2. The highest BCUT2D eigenvalue weighted by Gasteiger charge is 2.06. The van der Waals surface area contributed by atoms with Gasteiger partial charge in [-0.1, -0.05) is 50.9 Å². The molecule has 1 N–H and O–H groups in total. The van der Waals surface area contributed by atoms with E-state index >= 15 is 0 Å². The number of nitrogens with one attached hydrogen (secondary N) is 1. The topological polar surface area (TPSA) is 50.7 Å². The molecule has 120 valence electrons. The van der Waals surface area contributed by atoms with Gasteiger partial charge < -0.3 is 4.74 Å². The third-order valence-electron chi connectivity index (χ3n) is 3.04. The average Bonchev–Trinajstić information content (AvgIpc) is 2.55. The van der Waals surface area contributed by atoms with Crippen LogP contribution in [0.25, 0.3) is 0 Å². The smallest absolute Gasteiger partial charge is 0.277 e. The van der Waals surface area contributed by atoms with E-state index in [1.165, 1.54) is 0 Å². The van der Waals surface area contributed by atoms with Crippen molar-refractivity contribution >= 4 is 44.0 Å². The zero-order valence-corrected chi connectivity index (χ0v) is 15.7. The summed E-state index contributed by atoms with van der Waals surface area (Å²) in [5.41, 5.74) is 4.39. The van der Waals surface area contributed by atoms with E-state index in [2.05, 4.69) is 42.4 Å². The van der Waals surface area contributed by atoms with Crippen molar-refractivity contribution in [3.05, 3.63) is 62.5 Å². The lowest BCUT2D eigenvalue weighted by atomic mass is 10.1. The highest BCUT2D eigenvalue weighted by Crippen LogP contribution is 2.23. The average molecular weight is 440 g/mol. The number of ether oxygens (including phenoxy) is 1. The van der Waals surface area contributed by atoms with Crippen LogP contribution in [0.4, 0.5) is 0 Å². The Hall–Kier alpha value is -1.66. The fourth-order valence-electron chi connectivity index (χ4n) is 1.87. The summed E-state index contributed by atoms with van der Waals surface area (Å²) < 4.78 is 7.54. The summed E-state index contributed by atoms with van der Waals surface area (Å²) >= 11 is 6.78. The predicted octanol–water partition coefficient (Wildman–Crippen LogP) is 4.30. The van der Waals surface area contributed by atoms with Gasteiger partial charge in [0.1, 0.15) is 5.75 Å². The Morgan fingerprint density at radius 2 is 1.87 bits per heavy atom. The minimum atomic E-state index is -0.302. The Morgan fingerprint density at radius 3 is 2.57 bits per heavy atom. The van der Waals surface area contributed by atoms with Crippen LogP contribution < -0.4 is 10.2 Å². The van der Waals surface area contributed by atoms with Gasteiger partial charge in [0, 0.05) is 8.95 Å². The van der Waals surface area contributed by atoms with Crippen LogP contribution in [-0.2, 0) is 11.2 Å². The number of hydrazone groups is 1. The molecule has 0 saturated heterocycles. The minimum absolute atomic E-state index is 0.0771.